The van der Waals surface area contributed by atoms with Crippen LogP contribution in [0.5, 0.6) is 0 Å². The van der Waals surface area contributed by atoms with Crippen LogP contribution in [-0.4, -0.2) is 39.4 Å². The van der Waals surface area contributed by atoms with Crippen molar-refractivity contribution in [2.75, 3.05) is 18.5 Å². The van der Waals surface area contributed by atoms with E-state index in [-0.39, 0.29) is 18.5 Å². The van der Waals surface area contributed by atoms with Crippen molar-refractivity contribution in [1.82, 2.24) is 25.3 Å². The summed E-state index contributed by atoms with van der Waals surface area (Å²) in [5.41, 5.74) is 2.00. The zero-order chi connectivity index (χ0) is 18.4. The third-order valence-electron chi connectivity index (χ3n) is 4.08. The lowest BCUT2D eigenvalue weighted by atomic mass is 10.2. The van der Waals surface area contributed by atoms with Gasteiger partial charge in [-0.3, -0.25) is 9.78 Å². The van der Waals surface area contributed by atoms with E-state index in [9.17, 15) is 4.79 Å². The molecule has 7 nitrogen and oxygen atoms in total. The fourth-order valence-corrected chi connectivity index (χ4v) is 2.67. The number of anilines is 1. The number of hydrogen-bond acceptors (Lipinski definition) is 5. The molecular formula is C19H22N6O. The predicted molar refractivity (Wildman–Crippen MR) is 101 cm³/mol. The van der Waals surface area contributed by atoms with Gasteiger partial charge in [0.2, 0.25) is 5.91 Å². The lowest BCUT2D eigenvalue weighted by molar-refractivity contribution is -0.120. The quantitative estimate of drug-likeness (QED) is 0.684. The Labute approximate surface area is 152 Å². The van der Waals surface area contributed by atoms with Crippen LogP contribution < -0.4 is 10.2 Å². The summed E-state index contributed by atoms with van der Waals surface area (Å²) < 4.78 is 0. The largest absolute Gasteiger partial charge is 0.349 e. The third kappa shape index (κ3) is 4.24. The van der Waals surface area contributed by atoms with Gasteiger partial charge in [0.15, 0.2) is 0 Å². The van der Waals surface area contributed by atoms with Crippen molar-refractivity contribution in [3.8, 4) is 11.3 Å². The van der Waals surface area contributed by atoms with Gasteiger partial charge in [0, 0.05) is 19.4 Å². The highest BCUT2D eigenvalue weighted by Crippen LogP contribution is 2.20. The Hall–Kier alpha value is -3.22. The molecule has 3 rings (SSSR count). The van der Waals surface area contributed by atoms with Crippen molar-refractivity contribution in [2.24, 2.45) is 0 Å². The fourth-order valence-electron chi connectivity index (χ4n) is 2.67. The van der Waals surface area contributed by atoms with Gasteiger partial charge < -0.3 is 15.2 Å². The molecule has 0 unspecified atom stereocenters. The van der Waals surface area contributed by atoms with Gasteiger partial charge in [0.05, 0.1) is 30.7 Å². The number of likely N-dealkylation sites (N-methyl/N-ethyl adjacent to an activating group) is 1. The minimum Gasteiger partial charge on any atom is -0.349 e. The van der Waals surface area contributed by atoms with Crippen LogP contribution in [0.3, 0.4) is 0 Å². The number of nitrogens with one attached hydrogen (secondary N) is 2. The van der Waals surface area contributed by atoms with Gasteiger partial charge in [-0.25, -0.2) is 9.97 Å². The molecule has 0 aliphatic rings. The summed E-state index contributed by atoms with van der Waals surface area (Å²) in [5.74, 6) is 1.31. The summed E-state index contributed by atoms with van der Waals surface area (Å²) in [7, 11) is 1.81. The second-order valence-corrected chi connectivity index (χ2v) is 6.00. The number of H-pyrrole nitrogens is 1. The van der Waals surface area contributed by atoms with Crippen LogP contribution in [-0.2, 0) is 4.79 Å². The molecule has 26 heavy (non-hydrogen) atoms. The van der Waals surface area contributed by atoms with E-state index in [1.54, 1.807) is 29.7 Å². The van der Waals surface area contributed by atoms with E-state index in [4.69, 9.17) is 0 Å². The van der Waals surface area contributed by atoms with Crippen molar-refractivity contribution in [1.29, 1.82) is 0 Å². The number of amides is 1. The van der Waals surface area contributed by atoms with Crippen molar-refractivity contribution in [2.45, 2.75) is 19.4 Å². The van der Waals surface area contributed by atoms with E-state index >= 15 is 0 Å². The van der Waals surface area contributed by atoms with Crippen molar-refractivity contribution < 1.29 is 4.79 Å². The Morgan fingerprint density at radius 1 is 1.19 bits per heavy atom. The van der Waals surface area contributed by atoms with E-state index in [1.807, 2.05) is 44.3 Å². The topological polar surface area (TPSA) is 86.8 Å². The highest BCUT2D eigenvalue weighted by atomic mass is 16.2. The molecular weight excluding hydrogens is 328 g/mol. The second-order valence-electron chi connectivity index (χ2n) is 6.00. The molecule has 134 valence electrons. The number of nitrogens with zero attached hydrogens (tertiary/aromatic N) is 4. The first-order valence-electron chi connectivity index (χ1n) is 8.54. The van der Waals surface area contributed by atoms with E-state index in [2.05, 4.69) is 25.3 Å². The van der Waals surface area contributed by atoms with Crippen LogP contribution in [0.25, 0.3) is 11.3 Å². The first-order chi connectivity index (χ1) is 12.7. The Morgan fingerprint density at radius 3 is 2.69 bits per heavy atom. The zero-order valence-corrected chi connectivity index (χ0v) is 14.9. The van der Waals surface area contributed by atoms with Crippen LogP contribution in [0.4, 0.5) is 5.82 Å². The molecule has 0 fully saturated rings. The van der Waals surface area contributed by atoms with Crippen molar-refractivity contribution >= 4 is 11.7 Å². The van der Waals surface area contributed by atoms with Gasteiger partial charge in [0.25, 0.3) is 0 Å². The summed E-state index contributed by atoms with van der Waals surface area (Å²) in [5, 5.41) is 3.03. The Kier molecular flexibility index (Phi) is 5.58. The maximum Gasteiger partial charge on any atom is 0.240 e. The van der Waals surface area contributed by atoms with Gasteiger partial charge >= 0.3 is 0 Å². The molecule has 1 amide bonds. The van der Waals surface area contributed by atoms with Crippen LogP contribution in [0.2, 0.25) is 0 Å². The predicted octanol–water partition coefficient (Wildman–Crippen LogP) is 2.57. The standard InChI is InChI=1S/C19H22N6O/c1-3-15(19-22-11-16(24-19)14-7-5-4-6-8-14)23-18(26)13-25(2)17-12-20-9-10-21-17/h4-12,15H,3,13H2,1-2H3,(H,22,24)(H,23,26)/t15-/m1/s1. The molecule has 1 aromatic carbocycles. The second kappa shape index (κ2) is 8.24. The smallest absolute Gasteiger partial charge is 0.240 e. The lowest BCUT2D eigenvalue weighted by Gasteiger charge is -2.20. The molecule has 2 aromatic heterocycles. The summed E-state index contributed by atoms with van der Waals surface area (Å²) in [6.07, 6.45) is 7.37. The van der Waals surface area contributed by atoms with E-state index in [1.165, 1.54) is 0 Å². The van der Waals surface area contributed by atoms with Gasteiger partial charge in [0.1, 0.15) is 11.6 Å². The van der Waals surface area contributed by atoms with E-state index < -0.39 is 0 Å². The normalized spacial score (nSPS) is 11.8. The highest BCUT2D eigenvalue weighted by molar-refractivity contribution is 5.81. The fraction of sp³-hybridized carbons (Fsp3) is 0.263. The number of carbonyl (C=O) groups excluding carboxylic acids is 1. The summed E-state index contributed by atoms with van der Waals surface area (Å²) >= 11 is 0. The maximum absolute atomic E-state index is 12.4. The molecule has 2 N–H and O–H groups in total. The maximum atomic E-state index is 12.4. The van der Waals surface area contributed by atoms with Crippen LogP contribution in [0, 0.1) is 0 Å². The number of imidazole rings is 1. The van der Waals surface area contributed by atoms with E-state index in [0.29, 0.717) is 5.82 Å². The molecule has 0 radical (unpaired) electrons. The SMILES string of the molecule is CC[C@@H](NC(=O)CN(C)c1cnccn1)c1ncc(-c2ccccc2)[nH]1. The summed E-state index contributed by atoms with van der Waals surface area (Å²) in [6.45, 7) is 2.21. The number of benzene rings is 1. The first kappa shape index (κ1) is 17.6. The Morgan fingerprint density at radius 2 is 2.00 bits per heavy atom. The third-order valence-corrected chi connectivity index (χ3v) is 4.08. The lowest BCUT2D eigenvalue weighted by Crippen LogP contribution is -2.37. The van der Waals surface area contributed by atoms with Crippen molar-refractivity contribution in [3.05, 3.63) is 60.9 Å². The molecule has 0 saturated heterocycles. The van der Waals surface area contributed by atoms with Crippen molar-refractivity contribution in [3.63, 3.8) is 0 Å². The number of carbonyl (C=O) groups is 1. The van der Waals surface area contributed by atoms with Crippen LogP contribution in [0.15, 0.2) is 55.1 Å². The zero-order valence-electron chi connectivity index (χ0n) is 14.9. The minimum absolute atomic E-state index is 0.0948. The molecule has 7 heteroatoms. The highest BCUT2D eigenvalue weighted by Gasteiger charge is 2.17. The number of aromatic amines is 1. The van der Waals surface area contributed by atoms with E-state index in [0.717, 1.165) is 23.5 Å². The number of hydrogen-bond donors (Lipinski definition) is 2. The minimum atomic E-state index is -0.171. The van der Waals surface area contributed by atoms with Crippen LogP contribution in [0.1, 0.15) is 25.2 Å². The van der Waals surface area contributed by atoms with Gasteiger partial charge in [-0.15, -0.1) is 0 Å². The Balaban J connectivity index is 1.64. The molecule has 3 aromatic rings. The molecule has 0 bridgehead atoms. The first-order valence-corrected chi connectivity index (χ1v) is 8.54. The Bertz CT molecular complexity index is 834. The average Bonchev–Trinajstić information content (AvgIpc) is 3.17. The molecule has 0 spiro atoms. The van der Waals surface area contributed by atoms with Gasteiger partial charge in [-0.2, -0.15) is 0 Å². The molecule has 0 aliphatic heterocycles. The van der Waals surface area contributed by atoms with Crippen LogP contribution >= 0.6 is 0 Å². The molecule has 0 aliphatic carbocycles. The number of rotatable bonds is 7. The monoisotopic (exact) mass is 350 g/mol. The summed E-state index contributed by atoms with van der Waals surface area (Å²) in [6, 6.07) is 9.81. The van der Waals surface area contributed by atoms with Gasteiger partial charge in [-0.05, 0) is 12.0 Å². The summed E-state index contributed by atoms with van der Waals surface area (Å²) in [4.78, 5) is 30.1. The molecule has 0 saturated carbocycles. The molecule has 2 heterocycles. The van der Waals surface area contributed by atoms with Gasteiger partial charge in [-0.1, -0.05) is 37.3 Å². The number of aromatic nitrogens is 4. The molecule has 1 atom stereocenters. The average molecular weight is 350 g/mol.